The molecule has 0 aromatic heterocycles. The van der Waals surface area contributed by atoms with Crippen LogP contribution in [0.5, 0.6) is 0 Å². The Kier molecular flexibility index (Phi) is 9.91. The molecule has 2 aromatic rings. The summed E-state index contributed by atoms with van der Waals surface area (Å²) in [6.07, 6.45) is 0. The van der Waals surface area contributed by atoms with Crippen molar-refractivity contribution in [2.45, 2.75) is 23.6 Å². The molecule has 25 heavy (non-hydrogen) atoms. The van der Waals surface area contributed by atoms with Gasteiger partial charge in [0.15, 0.2) is 0 Å². The van der Waals surface area contributed by atoms with Crippen LogP contribution < -0.4 is 0 Å². The summed E-state index contributed by atoms with van der Waals surface area (Å²) in [5, 5.41) is 0.491. The van der Waals surface area contributed by atoms with Crippen LogP contribution in [0.4, 0.5) is 0 Å². The van der Waals surface area contributed by atoms with Gasteiger partial charge in [-0.3, -0.25) is 0 Å². The number of aryl methyl sites for hydroxylation is 2. The first-order valence-corrected chi connectivity index (χ1v) is 9.83. The zero-order chi connectivity index (χ0) is 18.7. The first-order valence-electron chi connectivity index (χ1n) is 6.26. The summed E-state index contributed by atoms with van der Waals surface area (Å²) >= 11 is 11.0. The summed E-state index contributed by atoms with van der Waals surface area (Å²) in [6, 6.07) is 8.36. The first-order chi connectivity index (χ1) is 10.8. The number of hydrogen-bond donors (Lipinski definition) is 0. The number of hydrogen-bond acceptors (Lipinski definition) is 6. The van der Waals surface area contributed by atoms with Crippen molar-refractivity contribution in [1.82, 2.24) is 0 Å². The van der Waals surface area contributed by atoms with Crippen LogP contribution in [0.3, 0.4) is 0 Å². The smallest absolute Gasteiger partial charge is 0.744 e. The van der Waals surface area contributed by atoms with Crippen molar-refractivity contribution in [1.29, 1.82) is 0 Å². The van der Waals surface area contributed by atoms with Gasteiger partial charge in [-0.05, 0) is 49.2 Å². The van der Waals surface area contributed by atoms with E-state index in [2.05, 4.69) is 0 Å². The van der Waals surface area contributed by atoms with Gasteiger partial charge in [0.05, 0.1) is 9.79 Å². The zero-order valence-electron chi connectivity index (χ0n) is 13.2. The van der Waals surface area contributed by atoms with E-state index in [0.717, 1.165) is 12.1 Å². The molecule has 2 aromatic carbocycles. The average molecular weight is 451 g/mol. The largest absolute Gasteiger partial charge is 2.00 e. The van der Waals surface area contributed by atoms with Gasteiger partial charge in [0.2, 0.25) is 0 Å². The summed E-state index contributed by atoms with van der Waals surface area (Å²) in [4.78, 5) is -0.509. The van der Waals surface area contributed by atoms with E-state index in [1.165, 1.54) is 24.3 Å². The molecule has 0 N–H and O–H groups in total. The Bertz CT molecular complexity index is 880. The van der Waals surface area contributed by atoms with Crippen LogP contribution in [0, 0.1) is 13.8 Å². The second-order valence-corrected chi connectivity index (χ2v) is 8.30. The predicted molar refractivity (Wildman–Crippen MR) is 94.1 cm³/mol. The van der Waals surface area contributed by atoms with Crippen LogP contribution in [0.2, 0.25) is 10.0 Å². The molecule has 0 spiro atoms. The molecular formula is C14H12CaCl2O6S2. The molecule has 0 bridgehead atoms. The predicted octanol–water partition coefficient (Wildman–Crippen LogP) is 2.72. The molecule has 0 heterocycles. The standard InChI is InChI=1S/2C7H7ClO3S.Ca/c2*1-5-2-3-6(8)4-7(5)12(9,10)11;/h2*2-4H,1H3,(H,9,10,11);/q;;+2/p-2. The minimum absolute atomic E-state index is 0. The van der Waals surface area contributed by atoms with E-state index < -0.39 is 20.2 Å². The third-order valence-electron chi connectivity index (χ3n) is 2.84. The van der Waals surface area contributed by atoms with Gasteiger partial charge in [0.1, 0.15) is 20.2 Å². The van der Waals surface area contributed by atoms with Gasteiger partial charge in [-0.1, -0.05) is 35.3 Å². The van der Waals surface area contributed by atoms with Crippen LogP contribution in [0.15, 0.2) is 46.2 Å². The Balaban J connectivity index is 0.000000443. The molecule has 0 aliphatic heterocycles. The fourth-order valence-electron chi connectivity index (χ4n) is 1.69. The average Bonchev–Trinajstić information content (AvgIpc) is 2.42. The van der Waals surface area contributed by atoms with Crippen molar-refractivity contribution in [3.8, 4) is 0 Å². The van der Waals surface area contributed by atoms with E-state index in [0.29, 0.717) is 11.1 Å². The number of halogens is 2. The van der Waals surface area contributed by atoms with E-state index >= 15 is 0 Å². The first kappa shape index (κ1) is 25.1. The molecule has 0 aliphatic carbocycles. The third-order valence-corrected chi connectivity index (χ3v) is 5.27. The molecule has 0 saturated carbocycles. The maximum Gasteiger partial charge on any atom is 2.00 e. The molecule has 0 saturated heterocycles. The number of rotatable bonds is 2. The van der Waals surface area contributed by atoms with Crippen molar-refractivity contribution in [2.24, 2.45) is 0 Å². The monoisotopic (exact) mass is 450 g/mol. The second kappa shape index (κ2) is 9.87. The SMILES string of the molecule is Cc1ccc(Cl)cc1S(=O)(=O)[O-].Cc1ccc(Cl)cc1S(=O)(=O)[O-].[Ca+2]. The summed E-state index contributed by atoms with van der Waals surface area (Å²) in [7, 11) is -8.78. The Morgan fingerprint density at radius 3 is 1.20 bits per heavy atom. The zero-order valence-corrected chi connectivity index (χ0v) is 18.5. The van der Waals surface area contributed by atoms with Gasteiger partial charge < -0.3 is 9.11 Å². The summed E-state index contributed by atoms with van der Waals surface area (Å²) in [5.74, 6) is 0. The molecule has 2 rings (SSSR count). The molecule has 0 aliphatic rings. The van der Waals surface area contributed by atoms with Crippen molar-refractivity contribution < 1.29 is 25.9 Å². The van der Waals surface area contributed by atoms with Crippen LogP contribution in [-0.2, 0) is 20.2 Å². The van der Waals surface area contributed by atoms with Gasteiger partial charge in [0, 0.05) is 10.0 Å². The van der Waals surface area contributed by atoms with Gasteiger partial charge in [0.25, 0.3) is 0 Å². The molecule has 0 atom stereocenters. The molecule has 132 valence electrons. The molecule has 0 fully saturated rings. The van der Waals surface area contributed by atoms with Gasteiger partial charge in [-0.25, -0.2) is 16.8 Å². The summed E-state index contributed by atoms with van der Waals surface area (Å²) in [6.45, 7) is 3.09. The van der Waals surface area contributed by atoms with E-state index in [-0.39, 0.29) is 57.6 Å². The summed E-state index contributed by atoms with van der Waals surface area (Å²) in [5.41, 5.74) is 0.823. The van der Waals surface area contributed by atoms with Crippen LogP contribution in [-0.4, -0.2) is 63.7 Å². The number of benzene rings is 2. The molecule has 0 amide bonds. The minimum atomic E-state index is -4.39. The van der Waals surface area contributed by atoms with Crippen molar-refractivity contribution in [2.75, 3.05) is 0 Å². The van der Waals surface area contributed by atoms with E-state index in [9.17, 15) is 25.9 Å². The Hall–Kier alpha value is 0.0997. The van der Waals surface area contributed by atoms with E-state index in [1.807, 2.05) is 0 Å². The van der Waals surface area contributed by atoms with E-state index in [1.54, 1.807) is 13.8 Å². The van der Waals surface area contributed by atoms with Gasteiger partial charge in [-0.15, -0.1) is 0 Å². The topological polar surface area (TPSA) is 114 Å². The maximum atomic E-state index is 10.6. The van der Waals surface area contributed by atoms with Crippen molar-refractivity contribution >= 4 is 81.2 Å². The van der Waals surface area contributed by atoms with Crippen LogP contribution >= 0.6 is 23.2 Å². The third kappa shape index (κ3) is 8.11. The van der Waals surface area contributed by atoms with Crippen molar-refractivity contribution in [3.63, 3.8) is 0 Å². The van der Waals surface area contributed by atoms with Crippen LogP contribution in [0.1, 0.15) is 11.1 Å². The quantitative estimate of drug-likeness (QED) is 0.512. The Morgan fingerprint density at radius 1 is 0.720 bits per heavy atom. The van der Waals surface area contributed by atoms with Crippen LogP contribution in [0.25, 0.3) is 0 Å². The van der Waals surface area contributed by atoms with Gasteiger partial charge >= 0.3 is 37.7 Å². The second-order valence-electron chi connectivity index (χ2n) is 4.73. The molecule has 0 unspecified atom stereocenters. The molecule has 0 radical (unpaired) electrons. The normalized spacial score (nSPS) is 11.1. The fourth-order valence-corrected chi connectivity index (χ4v) is 3.63. The summed E-state index contributed by atoms with van der Waals surface area (Å²) < 4.78 is 63.6. The van der Waals surface area contributed by atoms with Crippen molar-refractivity contribution in [3.05, 3.63) is 57.6 Å². The fraction of sp³-hybridized carbons (Fsp3) is 0.143. The maximum absolute atomic E-state index is 10.6. The molecule has 11 heteroatoms. The molecule has 6 nitrogen and oxygen atoms in total. The Labute approximate surface area is 186 Å². The molecular weight excluding hydrogens is 439 g/mol. The minimum Gasteiger partial charge on any atom is -0.744 e. The van der Waals surface area contributed by atoms with Gasteiger partial charge in [-0.2, -0.15) is 0 Å². The van der Waals surface area contributed by atoms with E-state index in [4.69, 9.17) is 23.2 Å². The Morgan fingerprint density at radius 2 is 1.00 bits per heavy atom.